The fourth-order valence-electron chi connectivity index (χ4n) is 2.49. The molecule has 1 N–H and O–H groups in total. The highest BCUT2D eigenvalue weighted by molar-refractivity contribution is 7.14. The number of rotatable bonds is 3. The van der Waals surface area contributed by atoms with Gasteiger partial charge in [-0.25, -0.2) is 4.98 Å². The van der Waals surface area contributed by atoms with Crippen LogP contribution in [0.25, 0.3) is 16.2 Å². The summed E-state index contributed by atoms with van der Waals surface area (Å²) in [5.41, 5.74) is 5.14. The minimum Gasteiger partial charge on any atom is -0.305 e. The molecule has 5 nitrogen and oxygen atoms in total. The minimum absolute atomic E-state index is 0.182. The first-order chi connectivity index (χ1) is 11.7. The first-order valence-electron chi connectivity index (χ1n) is 7.48. The fourth-order valence-corrected chi connectivity index (χ4v) is 3.11. The van der Waals surface area contributed by atoms with E-state index in [4.69, 9.17) is 0 Å². The lowest BCUT2D eigenvalue weighted by Crippen LogP contribution is -2.14. The molecule has 0 bridgehead atoms. The zero-order chi connectivity index (χ0) is 16.5. The van der Waals surface area contributed by atoms with Crippen molar-refractivity contribution in [2.45, 2.75) is 6.92 Å². The molecule has 0 saturated heterocycles. The molecule has 2 heterocycles. The number of hydrogen-bond acceptors (Lipinski definition) is 4. The highest BCUT2D eigenvalue weighted by Gasteiger charge is 2.18. The van der Waals surface area contributed by atoms with Gasteiger partial charge in [0, 0.05) is 11.1 Å². The van der Waals surface area contributed by atoms with Crippen molar-refractivity contribution in [1.82, 2.24) is 14.6 Å². The van der Waals surface area contributed by atoms with Gasteiger partial charge in [0.25, 0.3) is 5.91 Å². The molecular formula is C18H14N4OS. The van der Waals surface area contributed by atoms with Gasteiger partial charge < -0.3 is 5.32 Å². The second kappa shape index (κ2) is 5.90. The molecule has 0 unspecified atom stereocenters. The summed E-state index contributed by atoms with van der Waals surface area (Å²) in [6.45, 7) is 2.04. The lowest BCUT2D eigenvalue weighted by atomic mass is 10.1. The Bertz CT molecular complexity index is 1000. The molecule has 0 fully saturated rings. The second-order valence-corrected chi connectivity index (χ2v) is 6.24. The van der Waals surface area contributed by atoms with Crippen LogP contribution in [0.2, 0.25) is 0 Å². The number of imidazole rings is 1. The molecule has 2 aromatic heterocycles. The molecule has 6 heteroatoms. The van der Waals surface area contributed by atoms with Crippen molar-refractivity contribution < 1.29 is 4.79 Å². The summed E-state index contributed by atoms with van der Waals surface area (Å²) in [6.07, 6.45) is 0. The minimum atomic E-state index is -0.182. The van der Waals surface area contributed by atoms with E-state index in [1.807, 2.05) is 49.4 Å². The third kappa shape index (κ3) is 2.57. The van der Waals surface area contributed by atoms with Gasteiger partial charge in [0.1, 0.15) is 11.2 Å². The SMILES string of the molecule is Cc1ccc(-c2nc3scnn3c2NC(=O)c2ccccc2)cc1. The monoisotopic (exact) mass is 334 g/mol. The Kier molecular flexibility index (Phi) is 3.59. The molecule has 0 aliphatic carbocycles. The topological polar surface area (TPSA) is 59.3 Å². The second-order valence-electron chi connectivity index (χ2n) is 5.43. The summed E-state index contributed by atoms with van der Waals surface area (Å²) < 4.78 is 1.67. The number of aromatic nitrogens is 3. The van der Waals surface area contributed by atoms with Crippen LogP contribution in [0, 0.1) is 6.92 Å². The van der Waals surface area contributed by atoms with Gasteiger partial charge in [0.05, 0.1) is 0 Å². The zero-order valence-electron chi connectivity index (χ0n) is 12.9. The average molecular weight is 334 g/mol. The Morgan fingerprint density at radius 2 is 1.83 bits per heavy atom. The molecule has 4 aromatic rings. The van der Waals surface area contributed by atoms with E-state index in [0.29, 0.717) is 11.4 Å². The summed E-state index contributed by atoms with van der Waals surface area (Å²) >= 11 is 1.43. The van der Waals surface area contributed by atoms with E-state index in [2.05, 4.69) is 15.4 Å². The van der Waals surface area contributed by atoms with Crippen LogP contribution in [-0.4, -0.2) is 20.5 Å². The number of nitrogens with one attached hydrogen (secondary N) is 1. The molecule has 0 radical (unpaired) electrons. The molecule has 2 aromatic carbocycles. The summed E-state index contributed by atoms with van der Waals surface area (Å²) in [5.74, 6) is 0.405. The van der Waals surface area contributed by atoms with E-state index in [9.17, 15) is 4.79 Å². The Labute approximate surface area is 142 Å². The van der Waals surface area contributed by atoms with Crippen molar-refractivity contribution in [3.05, 3.63) is 71.2 Å². The highest BCUT2D eigenvalue weighted by atomic mass is 32.1. The van der Waals surface area contributed by atoms with E-state index < -0.39 is 0 Å². The maximum atomic E-state index is 12.5. The number of hydrogen-bond donors (Lipinski definition) is 1. The van der Waals surface area contributed by atoms with Crippen LogP contribution in [0.5, 0.6) is 0 Å². The standard InChI is InChI=1S/C18H14N4OS/c1-12-7-9-13(10-8-12)15-16(22-18(20-15)24-11-19-22)21-17(23)14-5-3-2-4-6-14/h2-11H,1H3,(H,21,23). The lowest BCUT2D eigenvalue weighted by Gasteiger charge is -2.07. The highest BCUT2D eigenvalue weighted by Crippen LogP contribution is 2.30. The fraction of sp³-hybridized carbons (Fsp3) is 0.0556. The number of carbonyl (C=O) groups is 1. The summed E-state index contributed by atoms with van der Waals surface area (Å²) in [7, 11) is 0. The van der Waals surface area contributed by atoms with Crippen molar-refractivity contribution in [3.8, 4) is 11.3 Å². The van der Waals surface area contributed by atoms with Crippen molar-refractivity contribution in [2.24, 2.45) is 0 Å². The predicted octanol–water partition coefficient (Wildman–Crippen LogP) is 4.02. The number of amides is 1. The third-order valence-corrected chi connectivity index (χ3v) is 4.41. The molecule has 0 atom stereocenters. The van der Waals surface area contributed by atoms with Crippen LogP contribution in [0.15, 0.2) is 60.1 Å². The van der Waals surface area contributed by atoms with E-state index >= 15 is 0 Å². The number of carbonyl (C=O) groups excluding carboxylic acids is 1. The van der Waals surface area contributed by atoms with Crippen LogP contribution in [0.1, 0.15) is 15.9 Å². The van der Waals surface area contributed by atoms with Gasteiger partial charge in [-0.05, 0) is 19.1 Å². The van der Waals surface area contributed by atoms with Gasteiger partial charge in [0.2, 0.25) is 4.96 Å². The normalized spacial score (nSPS) is 10.9. The Morgan fingerprint density at radius 1 is 1.08 bits per heavy atom. The lowest BCUT2D eigenvalue weighted by molar-refractivity contribution is 0.102. The van der Waals surface area contributed by atoms with E-state index in [-0.39, 0.29) is 5.91 Å². The zero-order valence-corrected chi connectivity index (χ0v) is 13.7. The maximum absolute atomic E-state index is 12.5. The molecule has 0 aliphatic rings. The molecule has 118 valence electrons. The molecule has 24 heavy (non-hydrogen) atoms. The Hall–Kier alpha value is -2.99. The average Bonchev–Trinajstić information content (AvgIpc) is 3.19. The van der Waals surface area contributed by atoms with Crippen LogP contribution in [0.4, 0.5) is 5.82 Å². The Morgan fingerprint density at radius 3 is 2.58 bits per heavy atom. The predicted molar refractivity (Wildman–Crippen MR) is 95.4 cm³/mol. The van der Waals surface area contributed by atoms with Crippen molar-refractivity contribution in [2.75, 3.05) is 5.32 Å². The maximum Gasteiger partial charge on any atom is 0.256 e. The van der Waals surface area contributed by atoms with Crippen molar-refractivity contribution in [3.63, 3.8) is 0 Å². The van der Waals surface area contributed by atoms with E-state index in [1.165, 1.54) is 16.9 Å². The molecule has 4 rings (SSSR count). The quantitative estimate of drug-likeness (QED) is 0.615. The third-order valence-electron chi connectivity index (χ3n) is 3.74. The summed E-state index contributed by atoms with van der Waals surface area (Å²) in [5, 5.41) is 7.24. The van der Waals surface area contributed by atoms with Gasteiger partial charge in [0.15, 0.2) is 5.82 Å². The number of benzene rings is 2. The van der Waals surface area contributed by atoms with Gasteiger partial charge in [-0.3, -0.25) is 4.79 Å². The molecule has 0 aliphatic heterocycles. The van der Waals surface area contributed by atoms with Crippen molar-refractivity contribution in [1.29, 1.82) is 0 Å². The first kappa shape index (κ1) is 14.6. The van der Waals surface area contributed by atoms with Crippen molar-refractivity contribution >= 4 is 28.0 Å². The Balaban J connectivity index is 1.78. The first-order valence-corrected chi connectivity index (χ1v) is 8.36. The van der Waals surface area contributed by atoms with Gasteiger partial charge in [-0.2, -0.15) is 9.61 Å². The largest absolute Gasteiger partial charge is 0.305 e. The molecule has 0 spiro atoms. The van der Waals surface area contributed by atoms with Gasteiger partial charge >= 0.3 is 0 Å². The van der Waals surface area contributed by atoms with Gasteiger partial charge in [-0.1, -0.05) is 59.4 Å². The number of fused-ring (bicyclic) bond motifs is 1. The van der Waals surface area contributed by atoms with Gasteiger partial charge in [-0.15, -0.1) is 0 Å². The number of nitrogens with zero attached hydrogens (tertiary/aromatic N) is 3. The smallest absolute Gasteiger partial charge is 0.256 e. The molecule has 1 amide bonds. The van der Waals surface area contributed by atoms with E-state index in [0.717, 1.165) is 16.2 Å². The van der Waals surface area contributed by atoms with Crippen LogP contribution in [0.3, 0.4) is 0 Å². The molecular weight excluding hydrogens is 320 g/mol. The number of aryl methyl sites for hydroxylation is 1. The summed E-state index contributed by atoms with van der Waals surface area (Å²) in [4.78, 5) is 17.9. The van der Waals surface area contributed by atoms with Crippen LogP contribution >= 0.6 is 11.3 Å². The van der Waals surface area contributed by atoms with Crippen LogP contribution < -0.4 is 5.32 Å². The number of anilines is 1. The molecule has 0 saturated carbocycles. The summed E-state index contributed by atoms with van der Waals surface area (Å²) in [6, 6.07) is 17.2. The van der Waals surface area contributed by atoms with Crippen LogP contribution in [-0.2, 0) is 0 Å². The van der Waals surface area contributed by atoms with E-state index in [1.54, 1.807) is 22.2 Å².